The number of likely N-dealkylation sites (tertiary alicyclic amines) is 1. The van der Waals surface area contributed by atoms with E-state index in [0.29, 0.717) is 0 Å². The van der Waals surface area contributed by atoms with Crippen LogP contribution < -0.4 is 0 Å². The highest BCUT2D eigenvalue weighted by Crippen LogP contribution is 2.17. The number of nitrogens with zero attached hydrogens (tertiary/aromatic N) is 1. The van der Waals surface area contributed by atoms with E-state index in [1.165, 1.54) is 40.6 Å². The van der Waals surface area contributed by atoms with Crippen LogP contribution in [0.15, 0.2) is 29.8 Å². The molecule has 1 aliphatic heterocycles. The van der Waals surface area contributed by atoms with Gasteiger partial charge < -0.3 is 0 Å². The molecule has 0 atom stereocenters. The quantitative estimate of drug-likeness (QED) is 0.726. The minimum absolute atomic E-state index is 0.918. The lowest BCUT2D eigenvalue weighted by atomic mass is 9.99. The molecule has 0 amide bonds. The van der Waals surface area contributed by atoms with Crippen LogP contribution in [0.2, 0.25) is 0 Å². The van der Waals surface area contributed by atoms with E-state index in [-0.39, 0.29) is 0 Å². The Morgan fingerprint density at radius 3 is 2.50 bits per heavy atom. The fourth-order valence-electron chi connectivity index (χ4n) is 2.46. The zero-order valence-corrected chi connectivity index (χ0v) is 13.5. The molecular formula is C16H22IN. The van der Waals surface area contributed by atoms with Gasteiger partial charge in [-0.1, -0.05) is 30.7 Å². The Morgan fingerprint density at radius 1 is 1.28 bits per heavy atom. The normalized spacial score (nSPS) is 19.2. The van der Waals surface area contributed by atoms with E-state index in [2.05, 4.69) is 71.7 Å². The lowest BCUT2D eigenvalue weighted by Gasteiger charge is -2.30. The maximum atomic E-state index is 2.58. The van der Waals surface area contributed by atoms with Crippen LogP contribution in [0.25, 0.3) is 6.08 Å². The topological polar surface area (TPSA) is 3.24 Å². The molecule has 0 radical (unpaired) electrons. The molecule has 1 saturated heterocycles. The van der Waals surface area contributed by atoms with E-state index >= 15 is 0 Å². The van der Waals surface area contributed by atoms with Crippen molar-refractivity contribution in [3.05, 3.63) is 39.0 Å². The van der Waals surface area contributed by atoms with Crippen molar-refractivity contribution in [3.8, 4) is 0 Å². The highest BCUT2D eigenvalue weighted by atomic mass is 127. The molecule has 0 aliphatic carbocycles. The van der Waals surface area contributed by atoms with Crippen LogP contribution in [0, 0.1) is 9.49 Å². The van der Waals surface area contributed by atoms with Gasteiger partial charge in [-0.2, -0.15) is 0 Å². The van der Waals surface area contributed by atoms with Crippen LogP contribution in [0.5, 0.6) is 0 Å². The van der Waals surface area contributed by atoms with Gasteiger partial charge in [-0.25, -0.2) is 0 Å². The maximum Gasteiger partial charge on any atom is 0.0193 e. The van der Waals surface area contributed by atoms with Crippen molar-refractivity contribution in [1.82, 2.24) is 4.90 Å². The van der Waals surface area contributed by atoms with Crippen molar-refractivity contribution in [2.24, 2.45) is 5.92 Å². The number of piperidine rings is 1. The molecule has 18 heavy (non-hydrogen) atoms. The lowest BCUT2D eigenvalue weighted by Crippen LogP contribution is -2.33. The SMILES string of the molecule is C/C(=C\c1ccc(I)cc1)CN1CCC(C)CC1. The summed E-state index contributed by atoms with van der Waals surface area (Å²) < 4.78 is 1.30. The fourth-order valence-corrected chi connectivity index (χ4v) is 2.82. The number of hydrogen-bond donors (Lipinski definition) is 0. The molecule has 1 fully saturated rings. The zero-order valence-electron chi connectivity index (χ0n) is 11.3. The van der Waals surface area contributed by atoms with E-state index < -0.39 is 0 Å². The van der Waals surface area contributed by atoms with Gasteiger partial charge in [0.2, 0.25) is 0 Å². The molecular weight excluding hydrogens is 333 g/mol. The van der Waals surface area contributed by atoms with Crippen LogP contribution in [0.1, 0.15) is 32.3 Å². The first-order valence-electron chi connectivity index (χ1n) is 6.78. The molecule has 0 N–H and O–H groups in total. The molecule has 2 heteroatoms. The first-order valence-corrected chi connectivity index (χ1v) is 7.86. The second-order valence-electron chi connectivity index (χ2n) is 5.50. The van der Waals surface area contributed by atoms with E-state index in [1.807, 2.05) is 0 Å². The summed E-state index contributed by atoms with van der Waals surface area (Å²) in [4.78, 5) is 2.58. The van der Waals surface area contributed by atoms with Crippen LogP contribution in [0.3, 0.4) is 0 Å². The molecule has 0 saturated carbocycles. The highest BCUT2D eigenvalue weighted by molar-refractivity contribution is 14.1. The largest absolute Gasteiger partial charge is 0.299 e. The fraction of sp³-hybridized carbons (Fsp3) is 0.500. The van der Waals surface area contributed by atoms with Gasteiger partial charge in [-0.15, -0.1) is 0 Å². The van der Waals surface area contributed by atoms with E-state index in [0.717, 1.165) is 12.5 Å². The number of benzene rings is 1. The number of halogens is 1. The lowest BCUT2D eigenvalue weighted by molar-refractivity contribution is 0.207. The third-order valence-electron chi connectivity index (χ3n) is 3.63. The second-order valence-corrected chi connectivity index (χ2v) is 6.75. The van der Waals surface area contributed by atoms with E-state index in [1.54, 1.807) is 0 Å². The first kappa shape index (κ1) is 14.1. The van der Waals surface area contributed by atoms with E-state index in [4.69, 9.17) is 0 Å². The van der Waals surface area contributed by atoms with Crippen molar-refractivity contribution in [2.45, 2.75) is 26.7 Å². The van der Waals surface area contributed by atoms with Crippen molar-refractivity contribution in [3.63, 3.8) is 0 Å². The van der Waals surface area contributed by atoms with Gasteiger partial charge in [0.1, 0.15) is 0 Å². The van der Waals surface area contributed by atoms with Crippen molar-refractivity contribution in [2.75, 3.05) is 19.6 Å². The predicted molar refractivity (Wildman–Crippen MR) is 87.6 cm³/mol. The van der Waals surface area contributed by atoms with Gasteiger partial charge in [-0.05, 0) is 79.1 Å². The van der Waals surface area contributed by atoms with Gasteiger partial charge in [0.05, 0.1) is 0 Å². The van der Waals surface area contributed by atoms with Crippen LogP contribution in [0.4, 0.5) is 0 Å². The Labute approximate surface area is 124 Å². The summed E-state index contributed by atoms with van der Waals surface area (Å²) in [6, 6.07) is 8.73. The predicted octanol–water partition coefficient (Wildman–Crippen LogP) is 4.43. The van der Waals surface area contributed by atoms with Gasteiger partial charge in [-0.3, -0.25) is 4.90 Å². The Morgan fingerprint density at radius 2 is 1.89 bits per heavy atom. The average Bonchev–Trinajstić information content (AvgIpc) is 2.35. The van der Waals surface area contributed by atoms with E-state index in [9.17, 15) is 0 Å². The summed E-state index contributed by atoms with van der Waals surface area (Å²) >= 11 is 2.35. The Kier molecular flexibility index (Phi) is 5.25. The van der Waals surface area contributed by atoms with Gasteiger partial charge >= 0.3 is 0 Å². The molecule has 1 aromatic rings. The molecule has 0 aromatic heterocycles. The summed E-state index contributed by atoms with van der Waals surface area (Å²) in [5, 5.41) is 0. The van der Waals surface area contributed by atoms with Crippen LogP contribution in [-0.4, -0.2) is 24.5 Å². The average molecular weight is 355 g/mol. The van der Waals surface area contributed by atoms with Crippen molar-refractivity contribution < 1.29 is 0 Å². The molecule has 0 unspecified atom stereocenters. The summed E-state index contributed by atoms with van der Waals surface area (Å²) in [5.41, 5.74) is 2.78. The molecule has 0 bridgehead atoms. The smallest absolute Gasteiger partial charge is 0.0193 e. The third-order valence-corrected chi connectivity index (χ3v) is 4.35. The Balaban J connectivity index is 1.91. The minimum Gasteiger partial charge on any atom is -0.299 e. The molecule has 98 valence electrons. The molecule has 0 spiro atoms. The first-order chi connectivity index (χ1) is 8.63. The Bertz CT molecular complexity index is 400. The number of rotatable bonds is 3. The van der Waals surface area contributed by atoms with Gasteiger partial charge in [0.25, 0.3) is 0 Å². The molecule has 1 heterocycles. The standard InChI is InChI=1S/C16H22IN/c1-13-7-9-18(10-8-13)12-14(2)11-15-3-5-16(17)6-4-15/h3-6,11,13H,7-10,12H2,1-2H3/b14-11+. The molecule has 1 aliphatic rings. The Hall–Kier alpha value is -0.350. The highest BCUT2D eigenvalue weighted by Gasteiger charge is 2.15. The van der Waals surface area contributed by atoms with Gasteiger partial charge in [0.15, 0.2) is 0 Å². The van der Waals surface area contributed by atoms with Gasteiger partial charge in [0, 0.05) is 10.1 Å². The van der Waals surface area contributed by atoms with Crippen LogP contribution in [-0.2, 0) is 0 Å². The summed E-state index contributed by atoms with van der Waals surface area (Å²) in [7, 11) is 0. The minimum atomic E-state index is 0.918. The molecule has 1 aromatic carbocycles. The maximum absolute atomic E-state index is 2.58. The monoisotopic (exact) mass is 355 g/mol. The zero-order chi connectivity index (χ0) is 13.0. The summed E-state index contributed by atoms with van der Waals surface area (Å²) in [6.07, 6.45) is 5.03. The summed E-state index contributed by atoms with van der Waals surface area (Å²) in [5.74, 6) is 0.918. The summed E-state index contributed by atoms with van der Waals surface area (Å²) in [6.45, 7) is 8.26. The molecule has 2 rings (SSSR count). The number of hydrogen-bond acceptors (Lipinski definition) is 1. The molecule has 1 nitrogen and oxygen atoms in total. The van der Waals surface area contributed by atoms with Crippen LogP contribution >= 0.6 is 22.6 Å². The van der Waals surface area contributed by atoms with Crippen molar-refractivity contribution >= 4 is 28.7 Å². The second kappa shape index (κ2) is 6.71. The third kappa shape index (κ3) is 4.39. The van der Waals surface area contributed by atoms with Crippen molar-refractivity contribution in [1.29, 1.82) is 0 Å².